The Bertz CT molecular complexity index is 538. The van der Waals surface area contributed by atoms with Gasteiger partial charge in [-0.1, -0.05) is 44.9 Å². The number of rotatable bonds is 3. The average molecular weight is 300 g/mol. The minimum Gasteiger partial charge on any atom is -0.324 e. The van der Waals surface area contributed by atoms with Gasteiger partial charge in [-0.25, -0.2) is 0 Å². The van der Waals surface area contributed by atoms with Crippen LogP contribution in [0.3, 0.4) is 0 Å². The van der Waals surface area contributed by atoms with Crippen LogP contribution in [0.5, 0.6) is 0 Å². The largest absolute Gasteiger partial charge is 0.324 e. The van der Waals surface area contributed by atoms with Crippen molar-refractivity contribution >= 4 is 11.6 Å². The van der Waals surface area contributed by atoms with Crippen LogP contribution < -0.4 is 10.6 Å². The third-order valence-electron chi connectivity index (χ3n) is 5.35. The summed E-state index contributed by atoms with van der Waals surface area (Å²) in [6.07, 6.45) is 6.14. The van der Waals surface area contributed by atoms with Crippen molar-refractivity contribution in [2.24, 2.45) is 5.92 Å². The summed E-state index contributed by atoms with van der Waals surface area (Å²) in [5, 5.41) is 6.78. The molecule has 0 aromatic heterocycles. The predicted molar refractivity (Wildman–Crippen MR) is 91.2 cm³/mol. The van der Waals surface area contributed by atoms with E-state index in [1.165, 1.54) is 31.2 Å². The number of fused-ring (bicyclic) bond motifs is 1. The molecular formula is C19H28N2O. The maximum Gasteiger partial charge on any atom is 0.241 e. The fraction of sp³-hybridized carbons (Fsp3) is 0.632. The molecule has 1 saturated carbocycles. The Kier molecular flexibility index (Phi) is 4.53. The molecule has 3 atom stereocenters. The maximum absolute atomic E-state index is 12.7. The molecule has 3 rings (SSSR count). The molecule has 0 bridgehead atoms. The molecule has 1 aliphatic heterocycles. The number of hydrogen-bond acceptors (Lipinski definition) is 2. The van der Waals surface area contributed by atoms with E-state index in [9.17, 15) is 4.79 Å². The van der Waals surface area contributed by atoms with E-state index < -0.39 is 0 Å². The Morgan fingerprint density at radius 2 is 2.05 bits per heavy atom. The van der Waals surface area contributed by atoms with Crippen LogP contribution in [-0.2, 0) is 4.79 Å². The number of amides is 1. The van der Waals surface area contributed by atoms with Crippen molar-refractivity contribution in [3.05, 3.63) is 29.3 Å². The van der Waals surface area contributed by atoms with Gasteiger partial charge in [-0.15, -0.1) is 0 Å². The van der Waals surface area contributed by atoms with Gasteiger partial charge in [0.25, 0.3) is 0 Å². The Hall–Kier alpha value is -1.35. The number of aryl methyl sites for hydroxylation is 1. The van der Waals surface area contributed by atoms with Crippen molar-refractivity contribution in [2.75, 3.05) is 5.32 Å². The monoisotopic (exact) mass is 300 g/mol. The summed E-state index contributed by atoms with van der Waals surface area (Å²) in [6.45, 7) is 6.42. The molecule has 22 heavy (non-hydrogen) atoms. The van der Waals surface area contributed by atoms with Crippen LogP contribution in [0.4, 0.5) is 5.69 Å². The highest BCUT2D eigenvalue weighted by Gasteiger charge is 2.38. The van der Waals surface area contributed by atoms with Gasteiger partial charge in [-0.05, 0) is 49.1 Å². The standard InChI is InChI=1S/C19H28N2O/c1-12(2)15-9-6-7-13(3)18(15)21-19(22)17-11-14-8-4-5-10-16(14)20-17/h6-7,9,12,14,16-17,20H,4-5,8,10-11H2,1-3H3,(H,21,22). The van der Waals surface area contributed by atoms with Gasteiger partial charge < -0.3 is 10.6 Å². The topological polar surface area (TPSA) is 41.1 Å². The minimum atomic E-state index is -0.0206. The smallest absolute Gasteiger partial charge is 0.241 e. The van der Waals surface area contributed by atoms with Crippen LogP contribution in [0.15, 0.2) is 18.2 Å². The van der Waals surface area contributed by atoms with Gasteiger partial charge in [0.2, 0.25) is 5.91 Å². The molecule has 1 amide bonds. The number of hydrogen-bond donors (Lipinski definition) is 2. The average Bonchev–Trinajstić information content (AvgIpc) is 2.93. The zero-order valence-electron chi connectivity index (χ0n) is 14.0. The van der Waals surface area contributed by atoms with Gasteiger partial charge in [-0.3, -0.25) is 4.79 Å². The lowest BCUT2D eigenvalue weighted by Crippen LogP contribution is -2.40. The van der Waals surface area contributed by atoms with E-state index in [0.29, 0.717) is 17.9 Å². The van der Waals surface area contributed by atoms with Gasteiger partial charge >= 0.3 is 0 Å². The van der Waals surface area contributed by atoms with Crippen molar-refractivity contribution in [2.45, 2.75) is 70.9 Å². The van der Waals surface area contributed by atoms with Gasteiger partial charge in [0.1, 0.15) is 0 Å². The van der Waals surface area contributed by atoms with E-state index in [2.05, 4.69) is 49.6 Å². The summed E-state index contributed by atoms with van der Waals surface area (Å²) in [5.74, 6) is 1.26. The van der Waals surface area contributed by atoms with Crippen molar-refractivity contribution in [3.63, 3.8) is 0 Å². The molecule has 120 valence electrons. The summed E-state index contributed by atoms with van der Waals surface area (Å²) in [7, 11) is 0. The van der Waals surface area contributed by atoms with E-state index in [1.54, 1.807) is 0 Å². The van der Waals surface area contributed by atoms with Crippen molar-refractivity contribution in [1.29, 1.82) is 0 Å². The first kappa shape index (κ1) is 15.5. The summed E-state index contributed by atoms with van der Waals surface area (Å²) in [4.78, 5) is 12.7. The molecule has 2 N–H and O–H groups in total. The summed E-state index contributed by atoms with van der Waals surface area (Å²) in [6, 6.07) is 6.81. The molecular weight excluding hydrogens is 272 g/mol. The quantitative estimate of drug-likeness (QED) is 0.886. The van der Waals surface area contributed by atoms with Crippen LogP contribution >= 0.6 is 0 Å². The molecule has 3 unspecified atom stereocenters. The van der Waals surface area contributed by atoms with Crippen molar-refractivity contribution in [3.8, 4) is 0 Å². The van der Waals surface area contributed by atoms with Crippen molar-refractivity contribution in [1.82, 2.24) is 5.32 Å². The van der Waals surface area contributed by atoms with Crippen LogP contribution in [0.2, 0.25) is 0 Å². The molecule has 2 aliphatic rings. The Morgan fingerprint density at radius 3 is 2.77 bits per heavy atom. The second kappa shape index (κ2) is 6.41. The lowest BCUT2D eigenvalue weighted by Gasteiger charge is -2.24. The number of anilines is 1. The van der Waals surface area contributed by atoms with Gasteiger partial charge in [0, 0.05) is 11.7 Å². The number of benzene rings is 1. The van der Waals surface area contributed by atoms with Crippen molar-refractivity contribution < 1.29 is 4.79 Å². The highest BCUT2D eigenvalue weighted by atomic mass is 16.2. The second-order valence-electron chi connectivity index (χ2n) is 7.29. The summed E-state index contributed by atoms with van der Waals surface area (Å²) in [5.41, 5.74) is 3.39. The Balaban J connectivity index is 1.72. The Morgan fingerprint density at radius 1 is 1.27 bits per heavy atom. The fourth-order valence-corrected chi connectivity index (χ4v) is 4.07. The highest BCUT2D eigenvalue weighted by Crippen LogP contribution is 2.34. The third-order valence-corrected chi connectivity index (χ3v) is 5.35. The lowest BCUT2D eigenvalue weighted by molar-refractivity contribution is -0.117. The number of carbonyl (C=O) groups is 1. The maximum atomic E-state index is 12.7. The highest BCUT2D eigenvalue weighted by molar-refractivity contribution is 5.96. The molecule has 1 aromatic rings. The van der Waals surface area contributed by atoms with Crippen LogP contribution in [0.1, 0.15) is 63.0 Å². The van der Waals surface area contributed by atoms with Crippen LogP contribution in [-0.4, -0.2) is 18.0 Å². The molecule has 3 nitrogen and oxygen atoms in total. The summed E-state index contributed by atoms with van der Waals surface area (Å²) < 4.78 is 0. The SMILES string of the molecule is Cc1cccc(C(C)C)c1NC(=O)C1CC2CCCCC2N1. The van der Waals surface area contributed by atoms with Gasteiger partial charge in [0.05, 0.1) is 6.04 Å². The zero-order chi connectivity index (χ0) is 15.7. The van der Waals surface area contributed by atoms with E-state index in [4.69, 9.17) is 0 Å². The molecule has 1 aromatic carbocycles. The predicted octanol–water partition coefficient (Wildman–Crippen LogP) is 3.98. The first-order valence-electron chi connectivity index (χ1n) is 8.72. The first-order valence-corrected chi connectivity index (χ1v) is 8.72. The number of nitrogens with one attached hydrogen (secondary N) is 2. The molecule has 0 spiro atoms. The number of para-hydroxylation sites is 1. The molecule has 3 heteroatoms. The molecule has 2 fully saturated rings. The third kappa shape index (κ3) is 3.05. The first-order chi connectivity index (χ1) is 10.6. The molecule has 1 saturated heterocycles. The molecule has 1 heterocycles. The molecule has 1 aliphatic carbocycles. The van der Waals surface area contributed by atoms with Crippen LogP contribution in [0.25, 0.3) is 0 Å². The summed E-state index contributed by atoms with van der Waals surface area (Å²) >= 11 is 0. The molecule has 0 radical (unpaired) electrons. The van der Waals surface area contributed by atoms with E-state index in [1.807, 2.05) is 0 Å². The van der Waals surface area contributed by atoms with E-state index >= 15 is 0 Å². The van der Waals surface area contributed by atoms with Crippen LogP contribution in [0, 0.1) is 12.8 Å². The van der Waals surface area contributed by atoms with Gasteiger partial charge in [0.15, 0.2) is 0 Å². The Labute approximate surface area is 133 Å². The van der Waals surface area contributed by atoms with E-state index in [0.717, 1.165) is 17.7 Å². The van der Waals surface area contributed by atoms with Gasteiger partial charge in [-0.2, -0.15) is 0 Å². The number of carbonyl (C=O) groups excluding carboxylic acids is 1. The fourth-order valence-electron chi connectivity index (χ4n) is 4.07. The normalized spacial score (nSPS) is 27.7. The second-order valence-corrected chi connectivity index (χ2v) is 7.29. The zero-order valence-corrected chi connectivity index (χ0v) is 14.0. The minimum absolute atomic E-state index is 0.0206. The van der Waals surface area contributed by atoms with E-state index in [-0.39, 0.29) is 11.9 Å². The lowest BCUT2D eigenvalue weighted by atomic mass is 9.85.